The topological polar surface area (TPSA) is 61.8 Å². The highest BCUT2D eigenvalue weighted by atomic mass is 32.1. The number of hydrogen-bond acceptors (Lipinski definition) is 6. The number of benzene rings is 1. The van der Waals surface area contributed by atoms with Gasteiger partial charge in [0, 0.05) is 10.4 Å². The summed E-state index contributed by atoms with van der Waals surface area (Å²) in [5, 5.41) is 0. The summed E-state index contributed by atoms with van der Waals surface area (Å²) in [6, 6.07) is 6.93. The van der Waals surface area contributed by atoms with Gasteiger partial charge in [0.15, 0.2) is 23.9 Å². The second kappa shape index (κ2) is 7.11. The summed E-state index contributed by atoms with van der Waals surface area (Å²) in [5.41, 5.74) is 1.69. The van der Waals surface area contributed by atoms with E-state index in [-0.39, 0.29) is 12.4 Å². The van der Waals surface area contributed by atoms with Crippen molar-refractivity contribution in [3.63, 3.8) is 0 Å². The van der Waals surface area contributed by atoms with E-state index < -0.39 is 5.97 Å². The van der Waals surface area contributed by atoms with Gasteiger partial charge in [-0.1, -0.05) is 6.92 Å². The Bertz CT molecular complexity index is 854. The number of ether oxygens (including phenoxy) is 3. The molecule has 0 saturated heterocycles. The molecule has 6 heteroatoms. The molecule has 2 heterocycles. The standard InChI is InChI=1S/C20H20O5S/c1-12-2-5-18-14(8-12)10-19(26-18)20(22)25-11-15(21)13-3-4-16-17(9-13)24-7-6-23-16/h3-4,9-10,12H,2,5-8,11H2,1H3/t12-/m1/s1. The van der Waals surface area contributed by atoms with Crippen molar-refractivity contribution in [2.45, 2.75) is 26.2 Å². The first-order valence-corrected chi connectivity index (χ1v) is 9.63. The van der Waals surface area contributed by atoms with E-state index in [0.717, 1.165) is 19.3 Å². The summed E-state index contributed by atoms with van der Waals surface area (Å²) in [5.74, 6) is 1.14. The number of esters is 1. The minimum atomic E-state index is -0.428. The lowest BCUT2D eigenvalue weighted by molar-refractivity contribution is 0.0479. The molecule has 1 aromatic heterocycles. The number of thiophene rings is 1. The van der Waals surface area contributed by atoms with E-state index in [2.05, 4.69) is 6.92 Å². The SMILES string of the molecule is C[C@@H]1CCc2sc(C(=O)OCC(=O)c3ccc4c(c3)OCCO4)cc2C1. The lowest BCUT2D eigenvalue weighted by Gasteiger charge is -2.18. The number of carbonyl (C=O) groups excluding carboxylic acids is 2. The van der Waals surface area contributed by atoms with Crippen LogP contribution in [0.2, 0.25) is 0 Å². The average molecular weight is 372 g/mol. The molecule has 0 unspecified atom stereocenters. The Morgan fingerprint density at radius 3 is 2.85 bits per heavy atom. The van der Waals surface area contributed by atoms with Crippen molar-refractivity contribution >= 4 is 23.1 Å². The Morgan fingerprint density at radius 1 is 1.19 bits per heavy atom. The lowest BCUT2D eigenvalue weighted by atomic mass is 9.90. The van der Waals surface area contributed by atoms with Gasteiger partial charge in [0.1, 0.15) is 18.1 Å². The maximum absolute atomic E-state index is 12.3. The van der Waals surface area contributed by atoms with Crippen LogP contribution in [-0.2, 0) is 17.6 Å². The second-order valence-electron chi connectivity index (χ2n) is 6.76. The zero-order valence-corrected chi connectivity index (χ0v) is 15.4. The molecule has 0 N–H and O–H groups in total. The number of ketones is 1. The van der Waals surface area contributed by atoms with E-state index in [4.69, 9.17) is 14.2 Å². The van der Waals surface area contributed by atoms with Gasteiger partial charge in [-0.3, -0.25) is 4.79 Å². The van der Waals surface area contributed by atoms with E-state index in [1.807, 2.05) is 6.07 Å². The third-order valence-electron chi connectivity index (χ3n) is 4.73. The number of hydrogen-bond donors (Lipinski definition) is 0. The fourth-order valence-corrected chi connectivity index (χ4v) is 4.41. The normalized spacial score (nSPS) is 18.1. The largest absolute Gasteiger partial charge is 0.486 e. The summed E-state index contributed by atoms with van der Waals surface area (Å²) in [4.78, 5) is 26.5. The maximum atomic E-state index is 12.3. The van der Waals surface area contributed by atoms with Crippen LogP contribution in [0.5, 0.6) is 11.5 Å². The summed E-state index contributed by atoms with van der Waals surface area (Å²) in [6.45, 7) is 2.91. The maximum Gasteiger partial charge on any atom is 0.348 e. The van der Waals surface area contributed by atoms with Crippen molar-refractivity contribution in [3.8, 4) is 11.5 Å². The molecule has 0 bridgehead atoms. The Balaban J connectivity index is 1.39. The van der Waals surface area contributed by atoms with Gasteiger partial charge in [0.2, 0.25) is 0 Å². The van der Waals surface area contributed by atoms with E-state index in [1.165, 1.54) is 21.8 Å². The summed E-state index contributed by atoms with van der Waals surface area (Å²) in [6.07, 6.45) is 3.18. The molecule has 4 rings (SSSR count). The fraction of sp³-hybridized carbons (Fsp3) is 0.400. The van der Waals surface area contributed by atoms with Gasteiger partial charge in [-0.2, -0.15) is 0 Å². The van der Waals surface area contributed by atoms with Crippen LogP contribution < -0.4 is 9.47 Å². The van der Waals surface area contributed by atoms with Gasteiger partial charge < -0.3 is 14.2 Å². The molecule has 5 nitrogen and oxygen atoms in total. The van der Waals surface area contributed by atoms with Crippen LogP contribution in [0.1, 0.15) is 43.8 Å². The minimum Gasteiger partial charge on any atom is -0.486 e. The third kappa shape index (κ3) is 3.46. The molecule has 136 valence electrons. The Labute approximate surface area is 155 Å². The predicted molar refractivity (Wildman–Crippen MR) is 97.6 cm³/mol. The molecule has 1 aliphatic heterocycles. The highest BCUT2D eigenvalue weighted by molar-refractivity contribution is 7.14. The molecule has 0 saturated carbocycles. The number of Topliss-reactive ketones (excluding diaryl/α,β-unsaturated/α-hetero) is 1. The van der Waals surface area contributed by atoms with Gasteiger partial charge in [0.05, 0.1) is 0 Å². The van der Waals surface area contributed by atoms with Gasteiger partial charge in [-0.25, -0.2) is 4.79 Å². The predicted octanol–water partition coefficient (Wildman–Crippen LogP) is 3.68. The second-order valence-corrected chi connectivity index (χ2v) is 7.90. The van der Waals surface area contributed by atoms with Crippen LogP contribution in [0.25, 0.3) is 0 Å². The van der Waals surface area contributed by atoms with Crippen molar-refractivity contribution in [2.75, 3.05) is 19.8 Å². The van der Waals surface area contributed by atoms with Crippen molar-refractivity contribution in [2.24, 2.45) is 5.92 Å². The minimum absolute atomic E-state index is 0.259. The Kier molecular flexibility index (Phi) is 4.68. The molecule has 0 amide bonds. The van der Waals surface area contributed by atoms with Crippen molar-refractivity contribution < 1.29 is 23.8 Å². The van der Waals surface area contributed by atoms with Crippen LogP contribution in [0, 0.1) is 5.92 Å². The van der Waals surface area contributed by atoms with Gasteiger partial charge in [-0.15, -0.1) is 11.3 Å². The molecule has 1 atom stereocenters. The lowest BCUT2D eigenvalue weighted by Crippen LogP contribution is -2.17. The zero-order valence-electron chi connectivity index (χ0n) is 14.6. The van der Waals surface area contributed by atoms with Gasteiger partial charge in [-0.05, 0) is 55.0 Å². The highest BCUT2D eigenvalue weighted by Gasteiger charge is 2.22. The number of fused-ring (bicyclic) bond motifs is 2. The smallest absolute Gasteiger partial charge is 0.348 e. The van der Waals surface area contributed by atoms with Gasteiger partial charge in [0.25, 0.3) is 0 Å². The quantitative estimate of drug-likeness (QED) is 0.605. The number of aryl methyl sites for hydroxylation is 1. The van der Waals surface area contributed by atoms with Crippen molar-refractivity contribution in [1.29, 1.82) is 0 Å². The van der Waals surface area contributed by atoms with E-state index in [0.29, 0.717) is 41.1 Å². The molecule has 0 spiro atoms. The number of carbonyl (C=O) groups is 2. The van der Waals surface area contributed by atoms with Crippen molar-refractivity contribution in [1.82, 2.24) is 0 Å². The van der Waals surface area contributed by atoms with E-state index >= 15 is 0 Å². The Hall–Kier alpha value is -2.34. The molecule has 1 aromatic carbocycles. The van der Waals surface area contributed by atoms with Gasteiger partial charge >= 0.3 is 5.97 Å². The molecular formula is C20H20O5S. The summed E-state index contributed by atoms with van der Waals surface area (Å²) in [7, 11) is 0. The first-order chi connectivity index (χ1) is 12.6. The molecule has 26 heavy (non-hydrogen) atoms. The third-order valence-corrected chi connectivity index (χ3v) is 5.95. The van der Waals surface area contributed by atoms with Crippen LogP contribution in [0.3, 0.4) is 0 Å². The van der Waals surface area contributed by atoms with Crippen LogP contribution in [0.15, 0.2) is 24.3 Å². The first kappa shape index (κ1) is 17.1. The van der Waals surface area contributed by atoms with Crippen LogP contribution in [-0.4, -0.2) is 31.6 Å². The molecular weight excluding hydrogens is 352 g/mol. The molecule has 2 aromatic rings. The molecule has 1 aliphatic carbocycles. The van der Waals surface area contributed by atoms with E-state index in [1.54, 1.807) is 18.2 Å². The summed E-state index contributed by atoms with van der Waals surface area (Å²) >= 11 is 1.49. The number of rotatable bonds is 4. The Morgan fingerprint density at radius 2 is 2.00 bits per heavy atom. The molecule has 0 fully saturated rings. The first-order valence-electron chi connectivity index (χ1n) is 8.81. The average Bonchev–Trinajstić information content (AvgIpc) is 3.08. The summed E-state index contributed by atoms with van der Waals surface area (Å²) < 4.78 is 16.2. The molecule has 0 radical (unpaired) electrons. The fourth-order valence-electron chi connectivity index (χ4n) is 3.31. The van der Waals surface area contributed by atoms with Crippen LogP contribution >= 0.6 is 11.3 Å². The molecule has 2 aliphatic rings. The van der Waals surface area contributed by atoms with Crippen LogP contribution in [0.4, 0.5) is 0 Å². The highest BCUT2D eigenvalue weighted by Crippen LogP contribution is 2.33. The zero-order chi connectivity index (χ0) is 18.1. The monoisotopic (exact) mass is 372 g/mol. The van der Waals surface area contributed by atoms with Crippen molar-refractivity contribution in [3.05, 3.63) is 45.1 Å². The van der Waals surface area contributed by atoms with E-state index in [9.17, 15) is 9.59 Å².